The quantitative estimate of drug-likeness (QED) is 0.819. The van der Waals surface area contributed by atoms with Crippen LogP contribution in [0.4, 0.5) is 5.69 Å². The van der Waals surface area contributed by atoms with Crippen molar-refractivity contribution in [1.82, 2.24) is 4.90 Å². The number of rotatable bonds is 4. The lowest BCUT2D eigenvalue weighted by molar-refractivity contribution is 0.0725. The van der Waals surface area contributed by atoms with Crippen LogP contribution >= 0.6 is 0 Å². The standard InChI is InChI=1S/C15H20N2O4/c16-12-8-14-13(20-9-21-14)7-11(12)15(19)17-5-1-3-10(17)4-2-6-18/h7-8,10,18H,1-6,9,16H2. The molecule has 0 aromatic heterocycles. The molecular formula is C15H20N2O4. The van der Waals surface area contributed by atoms with Crippen LogP contribution in [-0.4, -0.2) is 41.9 Å². The number of likely N-dealkylation sites (tertiary alicyclic amines) is 1. The lowest BCUT2D eigenvalue weighted by atomic mass is 10.1. The number of nitrogens with zero attached hydrogens (tertiary/aromatic N) is 1. The number of nitrogen functional groups attached to an aromatic ring is 1. The van der Waals surface area contributed by atoms with E-state index >= 15 is 0 Å². The molecule has 1 aromatic carbocycles. The Balaban J connectivity index is 1.81. The van der Waals surface area contributed by atoms with Gasteiger partial charge in [-0.2, -0.15) is 0 Å². The molecule has 1 atom stereocenters. The number of hydrogen-bond donors (Lipinski definition) is 2. The predicted molar refractivity (Wildman–Crippen MR) is 77.4 cm³/mol. The van der Waals surface area contributed by atoms with Gasteiger partial charge >= 0.3 is 0 Å². The fourth-order valence-corrected chi connectivity index (χ4v) is 3.03. The van der Waals surface area contributed by atoms with E-state index in [1.807, 2.05) is 4.90 Å². The zero-order valence-corrected chi connectivity index (χ0v) is 11.9. The lowest BCUT2D eigenvalue weighted by Gasteiger charge is -2.25. The largest absolute Gasteiger partial charge is 0.454 e. The van der Waals surface area contributed by atoms with Crippen molar-refractivity contribution >= 4 is 11.6 Å². The van der Waals surface area contributed by atoms with Gasteiger partial charge in [-0.25, -0.2) is 0 Å². The summed E-state index contributed by atoms with van der Waals surface area (Å²) >= 11 is 0. The predicted octanol–water partition coefficient (Wildman–Crippen LogP) is 1.37. The highest BCUT2D eigenvalue weighted by Gasteiger charge is 2.31. The third-order valence-corrected chi connectivity index (χ3v) is 4.11. The third-order valence-electron chi connectivity index (χ3n) is 4.11. The van der Waals surface area contributed by atoms with Crippen LogP contribution in [-0.2, 0) is 0 Å². The van der Waals surface area contributed by atoms with Crippen molar-refractivity contribution < 1.29 is 19.4 Å². The monoisotopic (exact) mass is 292 g/mol. The smallest absolute Gasteiger partial charge is 0.256 e. The number of amides is 1. The maximum Gasteiger partial charge on any atom is 0.256 e. The molecule has 0 aliphatic carbocycles. The molecule has 0 saturated carbocycles. The minimum atomic E-state index is -0.0637. The number of anilines is 1. The summed E-state index contributed by atoms with van der Waals surface area (Å²) in [4.78, 5) is 14.6. The van der Waals surface area contributed by atoms with Crippen molar-refractivity contribution in [2.45, 2.75) is 31.7 Å². The van der Waals surface area contributed by atoms with Crippen molar-refractivity contribution in [3.8, 4) is 11.5 Å². The fraction of sp³-hybridized carbons (Fsp3) is 0.533. The second-order valence-electron chi connectivity index (χ2n) is 5.45. The van der Waals surface area contributed by atoms with E-state index in [9.17, 15) is 4.79 Å². The molecule has 1 fully saturated rings. The summed E-state index contributed by atoms with van der Waals surface area (Å²) in [5.74, 6) is 1.09. The molecule has 0 bridgehead atoms. The van der Waals surface area contributed by atoms with E-state index in [0.29, 0.717) is 29.2 Å². The number of aliphatic hydroxyl groups excluding tert-OH is 1. The highest BCUT2D eigenvalue weighted by Crippen LogP contribution is 2.37. The number of fused-ring (bicyclic) bond motifs is 1. The molecule has 2 heterocycles. The van der Waals surface area contributed by atoms with E-state index in [2.05, 4.69) is 0 Å². The summed E-state index contributed by atoms with van der Waals surface area (Å²) in [6, 6.07) is 3.50. The number of aliphatic hydroxyl groups is 1. The van der Waals surface area contributed by atoms with Gasteiger partial charge in [-0.1, -0.05) is 0 Å². The Morgan fingerprint density at radius 2 is 2.14 bits per heavy atom. The van der Waals surface area contributed by atoms with E-state index in [1.54, 1.807) is 12.1 Å². The van der Waals surface area contributed by atoms with Gasteiger partial charge in [0, 0.05) is 30.9 Å². The number of nitrogens with two attached hydrogens (primary N) is 1. The number of hydrogen-bond acceptors (Lipinski definition) is 5. The summed E-state index contributed by atoms with van der Waals surface area (Å²) in [6.45, 7) is 1.06. The Bertz CT molecular complexity index is 547. The maximum atomic E-state index is 12.7. The van der Waals surface area contributed by atoms with E-state index in [-0.39, 0.29) is 25.3 Å². The summed E-state index contributed by atoms with van der Waals surface area (Å²) < 4.78 is 10.6. The zero-order chi connectivity index (χ0) is 14.8. The molecule has 1 aromatic rings. The second kappa shape index (κ2) is 5.81. The molecule has 0 spiro atoms. The van der Waals surface area contributed by atoms with Crippen LogP contribution in [0, 0.1) is 0 Å². The van der Waals surface area contributed by atoms with Crippen LogP contribution in [0.15, 0.2) is 12.1 Å². The first-order chi connectivity index (χ1) is 10.2. The van der Waals surface area contributed by atoms with Crippen LogP contribution in [0.2, 0.25) is 0 Å². The van der Waals surface area contributed by atoms with Gasteiger partial charge in [-0.3, -0.25) is 4.79 Å². The fourth-order valence-electron chi connectivity index (χ4n) is 3.03. The van der Waals surface area contributed by atoms with E-state index in [4.69, 9.17) is 20.3 Å². The Kier molecular flexibility index (Phi) is 3.88. The molecule has 1 amide bonds. The second-order valence-corrected chi connectivity index (χ2v) is 5.45. The van der Waals surface area contributed by atoms with Crippen molar-refractivity contribution in [2.24, 2.45) is 0 Å². The zero-order valence-electron chi connectivity index (χ0n) is 11.9. The van der Waals surface area contributed by atoms with Gasteiger partial charge in [-0.05, 0) is 31.7 Å². The lowest BCUT2D eigenvalue weighted by Crippen LogP contribution is -2.36. The van der Waals surface area contributed by atoms with Crippen molar-refractivity contribution in [3.63, 3.8) is 0 Å². The van der Waals surface area contributed by atoms with E-state index < -0.39 is 0 Å². The highest BCUT2D eigenvalue weighted by atomic mass is 16.7. The molecule has 2 aliphatic rings. The van der Waals surface area contributed by atoms with Crippen molar-refractivity contribution in [1.29, 1.82) is 0 Å². The average Bonchev–Trinajstić information content (AvgIpc) is 3.11. The Labute approximate surface area is 123 Å². The van der Waals surface area contributed by atoms with Crippen LogP contribution < -0.4 is 15.2 Å². The van der Waals surface area contributed by atoms with E-state index in [0.717, 1.165) is 25.8 Å². The molecular weight excluding hydrogens is 272 g/mol. The highest BCUT2D eigenvalue weighted by molar-refractivity contribution is 6.00. The summed E-state index contributed by atoms with van der Waals surface area (Å²) in [5, 5.41) is 8.96. The molecule has 21 heavy (non-hydrogen) atoms. The third kappa shape index (κ3) is 2.63. The molecule has 1 saturated heterocycles. The first-order valence-corrected chi connectivity index (χ1v) is 7.31. The Morgan fingerprint density at radius 3 is 2.90 bits per heavy atom. The van der Waals surface area contributed by atoms with Gasteiger partial charge in [0.1, 0.15) is 0 Å². The molecule has 1 unspecified atom stereocenters. The minimum Gasteiger partial charge on any atom is -0.454 e. The van der Waals surface area contributed by atoms with Gasteiger partial charge in [0.15, 0.2) is 11.5 Å². The molecule has 2 aliphatic heterocycles. The number of carbonyl (C=O) groups is 1. The normalized spacial score (nSPS) is 20.0. The Hall–Kier alpha value is -1.95. The van der Waals surface area contributed by atoms with Gasteiger partial charge < -0.3 is 25.2 Å². The van der Waals surface area contributed by atoms with Gasteiger partial charge in [0.25, 0.3) is 5.91 Å². The van der Waals surface area contributed by atoms with Crippen LogP contribution in [0.1, 0.15) is 36.0 Å². The number of benzene rings is 1. The van der Waals surface area contributed by atoms with Gasteiger partial charge in [-0.15, -0.1) is 0 Å². The minimum absolute atomic E-state index is 0.0637. The molecule has 114 valence electrons. The first-order valence-electron chi connectivity index (χ1n) is 7.31. The summed E-state index contributed by atoms with van der Waals surface area (Å²) in [6.07, 6.45) is 3.51. The molecule has 3 rings (SSSR count). The maximum absolute atomic E-state index is 12.7. The summed E-state index contributed by atoms with van der Waals surface area (Å²) in [5.41, 5.74) is 6.87. The molecule has 6 heteroatoms. The van der Waals surface area contributed by atoms with Crippen molar-refractivity contribution in [2.75, 3.05) is 25.7 Å². The number of ether oxygens (including phenoxy) is 2. The van der Waals surface area contributed by atoms with Crippen LogP contribution in [0.5, 0.6) is 11.5 Å². The number of carbonyl (C=O) groups excluding carboxylic acids is 1. The average molecular weight is 292 g/mol. The SMILES string of the molecule is Nc1cc2c(cc1C(=O)N1CCCC1CCCO)OCO2. The molecule has 0 radical (unpaired) electrons. The summed E-state index contributed by atoms with van der Waals surface area (Å²) in [7, 11) is 0. The first kappa shape index (κ1) is 14.0. The topological polar surface area (TPSA) is 85.0 Å². The van der Waals surface area contributed by atoms with Crippen LogP contribution in [0.3, 0.4) is 0 Å². The molecule has 3 N–H and O–H groups in total. The van der Waals surface area contributed by atoms with Gasteiger partial charge in [0.2, 0.25) is 6.79 Å². The Morgan fingerprint density at radius 1 is 1.38 bits per heavy atom. The van der Waals surface area contributed by atoms with Crippen molar-refractivity contribution in [3.05, 3.63) is 17.7 Å². The van der Waals surface area contributed by atoms with E-state index in [1.165, 1.54) is 0 Å². The van der Waals surface area contributed by atoms with Gasteiger partial charge in [0.05, 0.1) is 5.56 Å². The van der Waals surface area contributed by atoms with Crippen LogP contribution in [0.25, 0.3) is 0 Å². The molecule has 6 nitrogen and oxygen atoms in total.